The van der Waals surface area contributed by atoms with Gasteiger partial charge in [-0.1, -0.05) is 59.3 Å². The fourth-order valence-corrected chi connectivity index (χ4v) is 3.57. The normalized spacial score (nSPS) is 17.0. The molecule has 0 aliphatic carbocycles. The molecule has 0 bridgehead atoms. The number of hydrogen-bond acceptors (Lipinski definition) is 4. The van der Waals surface area contributed by atoms with Crippen molar-refractivity contribution in [2.45, 2.75) is 26.8 Å². The van der Waals surface area contributed by atoms with Crippen molar-refractivity contribution in [3.8, 4) is 11.4 Å². The number of allylic oxidation sites excluding steroid dienone is 1. The predicted octanol–water partition coefficient (Wildman–Crippen LogP) is 4.56. The smallest absolute Gasteiger partial charge is 0.322 e. The zero-order valence-corrected chi connectivity index (χ0v) is 16.1. The van der Waals surface area contributed by atoms with E-state index in [9.17, 15) is 4.79 Å². The van der Waals surface area contributed by atoms with Gasteiger partial charge in [0.2, 0.25) is 5.82 Å². The van der Waals surface area contributed by atoms with E-state index in [1.807, 2.05) is 75.4 Å². The fraction of sp³-hybridized carbons (Fsp3) is 0.227. The first kappa shape index (κ1) is 18.0. The summed E-state index contributed by atoms with van der Waals surface area (Å²) in [4.78, 5) is 18.9. The third kappa shape index (κ3) is 3.17. The first-order valence-corrected chi connectivity index (χ1v) is 9.33. The lowest BCUT2D eigenvalue weighted by atomic mass is 9.95. The average Bonchev–Trinajstić information content (AvgIpc) is 3.18. The number of hydrogen-bond donors (Lipinski definition) is 1. The number of rotatable bonds is 4. The molecule has 28 heavy (non-hydrogen) atoms. The lowest BCUT2D eigenvalue weighted by Gasteiger charge is -2.34. The Hall–Kier alpha value is -3.41. The minimum Gasteiger partial charge on any atom is -0.334 e. The Labute approximate surface area is 163 Å². The van der Waals surface area contributed by atoms with Crippen molar-refractivity contribution in [2.24, 2.45) is 0 Å². The first-order valence-electron chi connectivity index (χ1n) is 9.33. The van der Waals surface area contributed by atoms with Crippen LogP contribution in [0.15, 0.2) is 64.8 Å². The zero-order chi connectivity index (χ0) is 19.7. The predicted molar refractivity (Wildman–Crippen MR) is 107 cm³/mol. The van der Waals surface area contributed by atoms with Crippen LogP contribution in [0.25, 0.3) is 17.0 Å². The second-order valence-electron chi connectivity index (χ2n) is 6.83. The molecule has 6 nitrogen and oxygen atoms in total. The second kappa shape index (κ2) is 7.31. The molecule has 1 aliphatic heterocycles. The van der Waals surface area contributed by atoms with Gasteiger partial charge in [0.1, 0.15) is 0 Å². The molecule has 0 saturated carbocycles. The standard InChI is InChI=1S/C22H22N4O2/c1-4-26-15(3)18(19(23-22(26)27)16-10-6-5-7-11-16)21-24-20(25-28-21)17-12-8-9-14(2)13-17/h5-13,19H,4H2,1-3H3,(H,23,27). The molecule has 1 aromatic heterocycles. The highest BCUT2D eigenvalue weighted by Crippen LogP contribution is 2.37. The van der Waals surface area contributed by atoms with Crippen LogP contribution < -0.4 is 5.32 Å². The Balaban J connectivity index is 1.82. The van der Waals surface area contributed by atoms with E-state index in [1.54, 1.807) is 4.90 Å². The molecule has 6 heteroatoms. The topological polar surface area (TPSA) is 71.3 Å². The number of urea groups is 1. The zero-order valence-electron chi connectivity index (χ0n) is 16.1. The molecular formula is C22H22N4O2. The lowest BCUT2D eigenvalue weighted by molar-refractivity contribution is 0.207. The van der Waals surface area contributed by atoms with Gasteiger partial charge in [0.15, 0.2) is 0 Å². The Morgan fingerprint density at radius 2 is 1.89 bits per heavy atom. The van der Waals surface area contributed by atoms with Crippen LogP contribution in [0.3, 0.4) is 0 Å². The molecule has 2 amide bonds. The van der Waals surface area contributed by atoms with E-state index in [0.29, 0.717) is 18.3 Å². The van der Waals surface area contributed by atoms with Gasteiger partial charge >= 0.3 is 6.03 Å². The summed E-state index contributed by atoms with van der Waals surface area (Å²) in [6.07, 6.45) is 0. The summed E-state index contributed by atoms with van der Waals surface area (Å²) in [5.74, 6) is 0.951. The van der Waals surface area contributed by atoms with Crippen LogP contribution in [-0.2, 0) is 0 Å². The molecule has 0 fully saturated rings. The van der Waals surface area contributed by atoms with Gasteiger partial charge in [0.25, 0.3) is 5.89 Å². The van der Waals surface area contributed by atoms with E-state index >= 15 is 0 Å². The van der Waals surface area contributed by atoms with Crippen molar-refractivity contribution in [3.63, 3.8) is 0 Å². The summed E-state index contributed by atoms with van der Waals surface area (Å²) in [6.45, 7) is 6.44. The Kier molecular flexibility index (Phi) is 4.69. The summed E-state index contributed by atoms with van der Waals surface area (Å²) >= 11 is 0. The molecule has 1 N–H and O–H groups in total. The maximum atomic E-state index is 12.6. The third-order valence-corrected chi connectivity index (χ3v) is 4.98. The van der Waals surface area contributed by atoms with Crippen molar-refractivity contribution < 1.29 is 9.32 Å². The second-order valence-corrected chi connectivity index (χ2v) is 6.83. The van der Waals surface area contributed by atoms with Crippen molar-refractivity contribution in [3.05, 3.63) is 77.3 Å². The van der Waals surface area contributed by atoms with Crippen LogP contribution in [0.4, 0.5) is 4.79 Å². The van der Waals surface area contributed by atoms with E-state index < -0.39 is 0 Å². The number of aryl methyl sites for hydroxylation is 1. The third-order valence-electron chi connectivity index (χ3n) is 4.98. The number of carbonyl (C=O) groups excluding carboxylic acids is 1. The summed E-state index contributed by atoms with van der Waals surface area (Å²) < 4.78 is 5.65. The molecule has 2 aromatic carbocycles. The molecular weight excluding hydrogens is 352 g/mol. The quantitative estimate of drug-likeness (QED) is 0.726. The molecule has 0 spiro atoms. The molecule has 0 radical (unpaired) electrons. The highest BCUT2D eigenvalue weighted by Gasteiger charge is 2.35. The molecule has 1 aliphatic rings. The maximum Gasteiger partial charge on any atom is 0.322 e. The molecule has 2 heterocycles. The van der Waals surface area contributed by atoms with Gasteiger partial charge in [-0.15, -0.1) is 0 Å². The molecule has 0 saturated heterocycles. The highest BCUT2D eigenvalue weighted by atomic mass is 16.5. The van der Waals surface area contributed by atoms with E-state index in [0.717, 1.165) is 28.0 Å². The van der Waals surface area contributed by atoms with Crippen molar-refractivity contribution >= 4 is 11.6 Å². The van der Waals surface area contributed by atoms with Gasteiger partial charge in [-0.05, 0) is 32.4 Å². The number of carbonyl (C=O) groups is 1. The van der Waals surface area contributed by atoms with Gasteiger partial charge < -0.3 is 9.84 Å². The van der Waals surface area contributed by atoms with Gasteiger partial charge in [-0.2, -0.15) is 4.98 Å². The van der Waals surface area contributed by atoms with Gasteiger partial charge in [0, 0.05) is 17.8 Å². The molecule has 1 unspecified atom stereocenters. The van der Waals surface area contributed by atoms with Crippen LogP contribution >= 0.6 is 0 Å². The van der Waals surface area contributed by atoms with Crippen molar-refractivity contribution in [1.82, 2.24) is 20.4 Å². The molecule has 142 valence electrons. The highest BCUT2D eigenvalue weighted by molar-refractivity contribution is 5.86. The minimum atomic E-state index is -0.345. The van der Waals surface area contributed by atoms with Crippen molar-refractivity contribution in [2.75, 3.05) is 6.54 Å². The van der Waals surface area contributed by atoms with E-state index in [4.69, 9.17) is 4.52 Å². The fourth-order valence-electron chi connectivity index (χ4n) is 3.57. The summed E-state index contributed by atoms with van der Waals surface area (Å²) in [5.41, 5.74) is 4.63. The Morgan fingerprint density at radius 1 is 1.11 bits per heavy atom. The summed E-state index contributed by atoms with van der Waals surface area (Å²) in [6, 6.07) is 17.3. The van der Waals surface area contributed by atoms with Crippen LogP contribution in [0, 0.1) is 6.92 Å². The number of aromatic nitrogens is 2. The molecule has 4 rings (SSSR count). The van der Waals surface area contributed by atoms with Gasteiger partial charge in [-0.25, -0.2) is 4.79 Å². The van der Waals surface area contributed by atoms with Gasteiger partial charge in [0.05, 0.1) is 11.6 Å². The van der Waals surface area contributed by atoms with E-state index in [-0.39, 0.29) is 12.1 Å². The van der Waals surface area contributed by atoms with E-state index in [2.05, 4.69) is 15.5 Å². The Morgan fingerprint density at radius 3 is 2.61 bits per heavy atom. The van der Waals surface area contributed by atoms with Crippen LogP contribution in [0.1, 0.15) is 36.9 Å². The lowest BCUT2D eigenvalue weighted by Crippen LogP contribution is -2.45. The van der Waals surface area contributed by atoms with Crippen molar-refractivity contribution in [1.29, 1.82) is 0 Å². The van der Waals surface area contributed by atoms with Crippen LogP contribution in [-0.4, -0.2) is 27.6 Å². The number of nitrogens with zero attached hydrogens (tertiary/aromatic N) is 3. The summed E-state index contributed by atoms with van der Waals surface area (Å²) in [7, 11) is 0. The summed E-state index contributed by atoms with van der Waals surface area (Å²) in [5, 5.41) is 7.26. The van der Waals surface area contributed by atoms with Gasteiger partial charge in [-0.3, -0.25) is 4.90 Å². The SMILES string of the molecule is CCN1C(=O)NC(c2ccccc2)C(c2nc(-c3cccc(C)c3)no2)=C1C. The average molecular weight is 374 g/mol. The van der Waals surface area contributed by atoms with E-state index in [1.165, 1.54) is 0 Å². The maximum absolute atomic E-state index is 12.6. The van der Waals surface area contributed by atoms with Crippen LogP contribution in [0.5, 0.6) is 0 Å². The number of benzene rings is 2. The minimum absolute atomic E-state index is 0.129. The number of nitrogens with one attached hydrogen (secondary N) is 1. The molecule has 1 atom stereocenters. The van der Waals surface area contributed by atoms with Crippen LogP contribution in [0.2, 0.25) is 0 Å². The Bertz CT molecular complexity index is 1040. The number of amides is 2. The monoisotopic (exact) mass is 374 g/mol. The first-order chi connectivity index (χ1) is 13.6. The largest absolute Gasteiger partial charge is 0.334 e. The molecule has 3 aromatic rings.